The predicted molar refractivity (Wildman–Crippen MR) is 87.4 cm³/mol. The second-order valence-electron chi connectivity index (χ2n) is 5.59. The molecule has 0 unspecified atom stereocenters. The number of pyridine rings is 1. The minimum absolute atomic E-state index is 0.0496. The highest BCUT2D eigenvalue weighted by atomic mass is 16.5. The lowest BCUT2D eigenvalue weighted by Crippen LogP contribution is -2.25. The Bertz CT molecular complexity index is 930. The molecule has 4 rings (SSSR count). The van der Waals surface area contributed by atoms with Gasteiger partial charge in [0.2, 0.25) is 0 Å². The summed E-state index contributed by atoms with van der Waals surface area (Å²) in [6.07, 6.45) is 1.98. The number of carbonyl (C=O) groups excluding carboxylic acids is 1. The fourth-order valence-electron chi connectivity index (χ4n) is 2.85. The largest absolute Gasteiger partial charge is 0.482 e. The van der Waals surface area contributed by atoms with Crippen molar-refractivity contribution in [2.24, 2.45) is 5.73 Å². The van der Waals surface area contributed by atoms with Gasteiger partial charge >= 0.3 is 0 Å². The van der Waals surface area contributed by atoms with Crippen molar-refractivity contribution in [2.75, 3.05) is 11.9 Å². The first-order chi connectivity index (χ1) is 11.2. The molecule has 6 heteroatoms. The summed E-state index contributed by atoms with van der Waals surface area (Å²) in [6, 6.07) is 9.70. The molecule has 0 atom stereocenters. The van der Waals surface area contributed by atoms with E-state index in [2.05, 4.69) is 5.32 Å². The summed E-state index contributed by atoms with van der Waals surface area (Å²) < 4.78 is 7.39. The summed E-state index contributed by atoms with van der Waals surface area (Å²) in [7, 11) is 0. The molecule has 1 aliphatic rings. The Morgan fingerprint density at radius 2 is 2.22 bits per heavy atom. The maximum absolute atomic E-state index is 11.5. The van der Waals surface area contributed by atoms with E-state index in [0.29, 0.717) is 18.0 Å². The number of benzene rings is 1. The van der Waals surface area contributed by atoms with Crippen molar-refractivity contribution in [3.63, 3.8) is 0 Å². The number of hydrogen-bond acceptors (Lipinski definition) is 4. The molecule has 6 nitrogen and oxygen atoms in total. The normalized spacial score (nSPS) is 13.6. The Morgan fingerprint density at radius 3 is 3.04 bits per heavy atom. The average molecular weight is 308 g/mol. The van der Waals surface area contributed by atoms with Crippen LogP contribution in [0.5, 0.6) is 5.75 Å². The molecular formula is C17H16N4O2. The maximum Gasteiger partial charge on any atom is 0.262 e. The lowest BCUT2D eigenvalue weighted by molar-refractivity contribution is -0.118. The number of nitrogens with one attached hydrogen (secondary N) is 1. The molecule has 0 aliphatic carbocycles. The SMILES string of the molecule is Cc1ccn2c(CN)c(-c3ccc4c(c3)NC(=O)CO4)nc2c1. The van der Waals surface area contributed by atoms with Crippen LogP contribution in [-0.2, 0) is 11.3 Å². The summed E-state index contributed by atoms with van der Waals surface area (Å²) in [5.74, 6) is 0.515. The van der Waals surface area contributed by atoms with Gasteiger partial charge in [-0.25, -0.2) is 4.98 Å². The Hall–Kier alpha value is -2.86. The van der Waals surface area contributed by atoms with Crippen LogP contribution in [0.3, 0.4) is 0 Å². The lowest BCUT2D eigenvalue weighted by Gasteiger charge is -2.18. The topological polar surface area (TPSA) is 81.7 Å². The molecule has 1 amide bonds. The van der Waals surface area contributed by atoms with E-state index in [4.69, 9.17) is 15.5 Å². The third-order valence-electron chi connectivity index (χ3n) is 3.96. The van der Waals surface area contributed by atoms with Gasteiger partial charge in [-0.15, -0.1) is 0 Å². The minimum Gasteiger partial charge on any atom is -0.482 e. The molecule has 0 radical (unpaired) electrons. The first-order valence-corrected chi connectivity index (χ1v) is 7.40. The smallest absolute Gasteiger partial charge is 0.262 e. The van der Waals surface area contributed by atoms with Crippen LogP contribution in [0, 0.1) is 6.92 Å². The molecule has 0 fully saturated rings. The number of amides is 1. The first-order valence-electron chi connectivity index (χ1n) is 7.40. The van der Waals surface area contributed by atoms with Crippen molar-refractivity contribution in [3.8, 4) is 17.0 Å². The number of hydrogen-bond donors (Lipinski definition) is 2. The van der Waals surface area contributed by atoms with Crippen molar-refractivity contribution in [3.05, 3.63) is 47.8 Å². The molecule has 3 N–H and O–H groups in total. The quantitative estimate of drug-likeness (QED) is 0.759. The van der Waals surface area contributed by atoms with Crippen LogP contribution in [0.15, 0.2) is 36.5 Å². The molecule has 23 heavy (non-hydrogen) atoms. The van der Waals surface area contributed by atoms with E-state index in [0.717, 1.165) is 28.2 Å². The van der Waals surface area contributed by atoms with Gasteiger partial charge in [-0.3, -0.25) is 4.79 Å². The molecule has 1 aliphatic heterocycles. The van der Waals surface area contributed by atoms with E-state index in [-0.39, 0.29) is 12.5 Å². The molecule has 0 saturated carbocycles. The molecule has 116 valence electrons. The molecule has 3 aromatic rings. The van der Waals surface area contributed by atoms with E-state index >= 15 is 0 Å². The monoisotopic (exact) mass is 308 g/mol. The zero-order valence-electron chi connectivity index (χ0n) is 12.7. The van der Waals surface area contributed by atoms with Crippen molar-refractivity contribution < 1.29 is 9.53 Å². The highest BCUT2D eigenvalue weighted by Gasteiger charge is 2.19. The number of aromatic nitrogens is 2. The van der Waals surface area contributed by atoms with Crippen LogP contribution in [0.1, 0.15) is 11.3 Å². The Balaban J connectivity index is 1.89. The van der Waals surface area contributed by atoms with Crippen LogP contribution in [0.2, 0.25) is 0 Å². The molecule has 0 spiro atoms. The predicted octanol–water partition coefficient (Wildman–Crippen LogP) is 2.10. The molecule has 1 aromatic carbocycles. The van der Waals surface area contributed by atoms with Gasteiger partial charge in [0, 0.05) is 18.3 Å². The van der Waals surface area contributed by atoms with E-state index in [1.807, 2.05) is 47.9 Å². The number of nitrogens with two attached hydrogens (primary N) is 1. The number of aryl methyl sites for hydroxylation is 1. The number of imidazole rings is 1. The summed E-state index contributed by atoms with van der Waals surface area (Å²) >= 11 is 0. The third kappa shape index (κ3) is 2.24. The molecular weight excluding hydrogens is 292 g/mol. The standard InChI is InChI=1S/C17H16N4O2/c1-10-4-5-21-13(8-18)17(20-15(21)6-10)11-2-3-14-12(7-11)19-16(22)9-23-14/h2-7H,8-9,18H2,1H3,(H,19,22). The fraction of sp³-hybridized carbons (Fsp3) is 0.176. The minimum atomic E-state index is -0.153. The number of ether oxygens (including phenoxy) is 1. The Morgan fingerprint density at radius 1 is 1.35 bits per heavy atom. The molecule has 0 bridgehead atoms. The molecule has 2 aromatic heterocycles. The van der Waals surface area contributed by atoms with Crippen molar-refractivity contribution in [1.82, 2.24) is 9.38 Å². The van der Waals surface area contributed by atoms with Gasteiger partial charge in [0.05, 0.1) is 17.1 Å². The van der Waals surface area contributed by atoms with E-state index in [1.165, 1.54) is 0 Å². The number of carbonyl (C=O) groups is 1. The first kappa shape index (κ1) is 13.8. The lowest BCUT2D eigenvalue weighted by atomic mass is 10.1. The Labute approximate surface area is 132 Å². The number of nitrogens with zero attached hydrogens (tertiary/aromatic N) is 2. The summed E-state index contributed by atoms with van der Waals surface area (Å²) in [4.78, 5) is 16.2. The van der Waals surface area contributed by atoms with Crippen LogP contribution < -0.4 is 15.8 Å². The molecule has 0 saturated heterocycles. The van der Waals surface area contributed by atoms with Crippen molar-refractivity contribution in [2.45, 2.75) is 13.5 Å². The van der Waals surface area contributed by atoms with Crippen molar-refractivity contribution in [1.29, 1.82) is 0 Å². The Kier molecular flexibility index (Phi) is 3.06. The van der Waals surface area contributed by atoms with Gasteiger partial charge in [0.1, 0.15) is 11.4 Å². The highest BCUT2D eigenvalue weighted by Crippen LogP contribution is 2.33. The summed E-state index contributed by atoms with van der Waals surface area (Å²) in [6.45, 7) is 2.45. The van der Waals surface area contributed by atoms with Crippen LogP contribution >= 0.6 is 0 Å². The second kappa shape index (κ2) is 5.10. The molecule has 3 heterocycles. The van der Waals surface area contributed by atoms with Crippen molar-refractivity contribution >= 4 is 17.2 Å². The van der Waals surface area contributed by atoms with E-state index in [9.17, 15) is 4.79 Å². The maximum atomic E-state index is 11.5. The fourth-order valence-corrected chi connectivity index (χ4v) is 2.85. The number of fused-ring (bicyclic) bond motifs is 2. The van der Waals surface area contributed by atoms with Gasteiger partial charge in [-0.2, -0.15) is 0 Å². The van der Waals surface area contributed by atoms with Crippen LogP contribution in [0.25, 0.3) is 16.9 Å². The average Bonchev–Trinajstić information content (AvgIpc) is 2.91. The highest BCUT2D eigenvalue weighted by molar-refractivity contribution is 5.96. The van der Waals surface area contributed by atoms with E-state index in [1.54, 1.807) is 0 Å². The zero-order valence-corrected chi connectivity index (χ0v) is 12.7. The van der Waals surface area contributed by atoms with Gasteiger partial charge < -0.3 is 20.2 Å². The van der Waals surface area contributed by atoms with Gasteiger partial charge in [-0.05, 0) is 42.8 Å². The van der Waals surface area contributed by atoms with Gasteiger partial charge in [0.25, 0.3) is 5.91 Å². The van der Waals surface area contributed by atoms with Gasteiger partial charge in [0.15, 0.2) is 6.61 Å². The van der Waals surface area contributed by atoms with Gasteiger partial charge in [-0.1, -0.05) is 0 Å². The summed E-state index contributed by atoms with van der Waals surface area (Å²) in [5.41, 5.74) is 11.3. The van der Waals surface area contributed by atoms with E-state index < -0.39 is 0 Å². The third-order valence-corrected chi connectivity index (χ3v) is 3.96. The summed E-state index contributed by atoms with van der Waals surface area (Å²) in [5, 5.41) is 2.82. The van der Waals surface area contributed by atoms with Crippen LogP contribution in [0.4, 0.5) is 5.69 Å². The number of rotatable bonds is 2. The number of anilines is 1. The van der Waals surface area contributed by atoms with Crippen LogP contribution in [-0.4, -0.2) is 21.9 Å². The zero-order chi connectivity index (χ0) is 16.0. The second-order valence-corrected chi connectivity index (χ2v) is 5.59.